The molecule has 0 heterocycles. The molecule has 186 valence electrons. The fraction of sp³-hybridized carbons (Fsp3) is 0.208. The van der Waals surface area contributed by atoms with Gasteiger partial charge in [-0.1, -0.05) is 30.7 Å². The molecule has 0 radical (unpaired) electrons. The Morgan fingerprint density at radius 3 is 2.29 bits per heavy atom. The second-order valence-corrected chi connectivity index (χ2v) is 9.73. The predicted molar refractivity (Wildman–Crippen MR) is 128 cm³/mol. The highest BCUT2D eigenvalue weighted by atomic mass is 35.5. The van der Waals surface area contributed by atoms with Crippen molar-refractivity contribution in [3.05, 3.63) is 82.9 Å². The van der Waals surface area contributed by atoms with Crippen LogP contribution in [-0.2, 0) is 21.0 Å². The summed E-state index contributed by atoms with van der Waals surface area (Å²) in [6.45, 7) is 3.70. The monoisotopic (exact) mass is 526 g/mol. The first-order valence-electron chi connectivity index (χ1n) is 10.4. The van der Waals surface area contributed by atoms with E-state index in [2.05, 4.69) is 10.0 Å². The molecule has 3 aromatic rings. The van der Waals surface area contributed by atoms with Crippen LogP contribution in [0.1, 0.15) is 24.5 Å². The van der Waals surface area contributed by atoms with Crippen LogP contribution in [0.5, 0.6) is 5.75 Å². The van der Waals surface area contributed by atoms with Crippen molar-refractivity contribution in [2.45, 2.75) is 37.4 Å². The lowest BCUT2D eigenvalue weighted by Crippen LogP contribution is -2.32. The SMILES string of the molecule is CC[C@H](Oc1cccc(C)c1)C(=O)Nc1ccc(S(=O)(=O)Nc2ccc(Cl)c(C(F)(F)F)c2)cc1. The molecule has 35 heavy (non-hydrogen) atoms. The van der Waals surface area contributed by atoms with E-state index in [4.69, 9.17) is 16.3 Å². The van der Waals surface area contributed by atoms with Crippen LogP contribution in [0, 0.1) is 6.92 Å². The molecule has 0 aliphatic carbocycles. The maximum absolute atomic E-state index is 13.1. The van der Waals surface area contributed by atoms with Crippen LogP contribution in [0.3, 0.4) is 0 Å². The molecule has 0 bridgehead atoms. The third-order valence-corrected chi connectivity index (χ3v) is 6.61. The number of alkyl halides is 3. The Kier molecular flexibility index (Phi) is 7.97. The van der Waals surface area contributed by atoms with E-state index in [1.807, 2.05) is 19.1 Å². The second-order valence-electron chi connectivity index (χ2n) is 7.64. The Morgan fingerprint density at radius 1 is 1.03 bits per heavy atom. The third-order valence-electron chi connectivity index (χ3n) is 4.89. The van der Waals surface area contributed by atoms with Crippen LogP contribution in [0.4, 0.5) is 24.5 Å². The van der Waals surface area contributed by atoms with Gasteiger partial charge in [-0.25, -0.2) is 8.42 Å². The van der Waals surface area contributed by atoms with Crippen LogP contribution < -0.4 is 14.8 Å². The lowest BCUT2D eigenvalue weighted by atomic mass is 10.2. The van der Waals surface area contributed by atoms with Crippen molar-refractivity contribution >= 4 is 38.9 Å². The number of halogens is 4. The van der Waals surface area contributed by atoms with E-state index < -0.39 is 38.8 Å². The largest absolute Gasteiger partial charge is 0.481 e. The summed E-state index contributed by atoms with van der Waals surface area (Å²) < 4.78 is 72.3. The summed E-state index contributed by atoms with van der Waals surface area (Å²) in [7, 11) is -4.20. The molecule has 0 aliphatic rings. The highest BCUT2D eigenvalue weighted by Crippen LogP contribution is 2.36. The molecule has 0 aromatic heterocycles. The number of sulfonamides is 1. The molecule has 3 aromatic carbocycles. The summed E-state index contributed by atoms with van der Waals surface area (Å²) >= 11 is 5.57. The summed E-state index contributed by atoms with van der Waals surface area (Å²) in [6.07, 6.45) is -5.11. The van der Waals surface area contributed by atoms with Crippen molar-refractivity contribution in [1.82, 2.24) is 0 Å². The lowest BCUT2D eigenvalue weighted by Gasteiger charge is -2.18. The van der Waals surface area contributed by atoms with Gasteiger partial charge in [-0.15, -0.1) is 0 Å². The molecule has 3 rings (SSSR count). The highest BCUT2D eigenvalue weighted by molar-refractivity contribution is 7.92. The van der Waals surface area contributed by atoms with Crippen molar-refractivity contribution in [2.24, 2.45) is 0 Å². The summed E-state index contributed by atoms with van der Waals surface area (Å²) in [6, 6.07) is 15.2. The molecule has 0 saturated carbocycles. The van der Waals surface area contributed by atoms with Crippen molar-refractivity contribution in [2.75, 3.05) is 10.0 Å². The standard InChI is InChI=1S/C24H22ClF3N2O4S/c1-3-22(34-18-6-4-5-15(2)13-18)23(31)29-16-7-10-19(11-8-16)35(32,33)30-17-9-12-21(25)20(14-17)24(26,27)28/h4-14,22,30H,3H2,1-2H3,(H,29,31)/t22-/m0/s1. The smallest absolute Gasteiger partial charge is 0.417 e. The number of nitrogens with one attached hydrogen (secondary N) is 2. The molecule has 0 fully saturated rings. The van der Waals surface area contributed by atoms with Crippen LogP contribution >= 0.6 is 11.6 Å². The molecule has 0 aliphatic heterocycles. The van der Waals surface area contributed by atoms with Crippen LogP contribution in [0.2, 0.25) is 5.02 Å². The van der Waals surface area contributed by atoms with Gasteiger partial charge < -0.3 is 10.1 Å². The van der Waals surface area contributed by atoms with Gasteiger partial charge in [0, 0.05) is 11.4 Å². The Bertz CT molecular complexity index is 1310. The number of ether oxygens (including phenoxy) is 1. The van der Waals surface area contributed by atoms with E-state index in [1.54, 1.807) is 19.1 Å². The molecule has 6 nitrogen and oxygen atoms in total. The van der Waals surface area contributed by atoms with E-state index in [-0.39, 0.29) is 10.6 Å². The zero-order valence-electron chi connectivity index (χ0n) is 18.7. The number of amides is 1. The van der Waals surface area contributed by atoms with E-state index >= 15 is 0 Å². The molecule has 0 spiro atoms. The first-order valence-corrected chi connectivity index (χ1v) is 12.3. The average Bonchev–Trinajstić information content (AvgIpc) is 2.78. The van der Waals surface area contributed by atoms with Crippen molar-refractivity contribution in [3.63, 3.8) is 0 Å². The van der Waals surface area contributed by atoms with Crippen LogP contribution in [-0.4, -0.2) is 20.4 Å². The second kappa shape index (κ2) is 10.6. The van der Waals surface area contributed by atoms with Gasteiger partial charge in [0.25, 0.3) is 15.9 Å². The lowest BCUT2D eigenvalue weighted by molar-refractivity contribution is -0.137. The molecule has 1 amide bonds. The number of carbonyl (C=O) groups is 1. The molecule has 11 heteroatoms. The molecule has 0 saturated heterocycles. The van der Waals surface area contributed by atoms with Gasteiger partial charge in [0.05, 0.1) is 15.5 Å². The van der Waals surface area contributed by atoms with Crippen LogP contribution in [0.25, 0.3) is 0 Å². The number of carbonyl (C=O) groups excluding carboxylic acids is 1. The number of rotatable bonds is 8. The number of hydrogen-bond acceptors (Lipinski definition) is 4. The maximum Gasteiger partial charge on any atom is 0.417 e. The number of benzene rings is 3. The van der Waals surface area contributed by atoms with Gasteiger partial charge in [0.2, 0.25) is 0 Å². The third kappa shape index (κ3) is 6.89. The Hall–Kier alpha value is -3.24. The zero-order chi connectivity index (χ0) is 25.8. The summed E-state index contributed by atoms with van der Waals surface area (Å²) in [4.78, 5) is 12.4. The van der Waals surface area contributed by atoms with Crippen LogP contribution in [0.15, 0.2) is 71.6 Å². The molecule has 0 unspecified atom stereocenters. The molecular weight excluding hydrogens is 505 g/mol. The van der Waals surface area contributed by atoms with Crippen molar-refractivity contribution < 1.29 is 31.1 Å². The Balaban J connectivity index is 1.70. The number of hydrogen-bond donors (Lipinski definition) is 2. The fourth-order valence-corrected chi connectivity index (χ4v) is 4.41. The van der Waals surface area contributed by atoms with Gasteiger partial charge in [-0.3, -0.25) is 9.52 Å². The van der Waals surface area contributed by atoms with Crippen molar-refractivity contribution in [1.29, 1.82) is 0 Å². The minimum atomic E-state index is -4.74. The normalized spacial score (nSPS) is 12.6. The first-order chi connectivity index (χ1) is 16.4. The average molecular weight is 527 g/mol. The van der Waals surface area contributed by atoms with Gasteiger partial charge in [0.1, 0.15) is 5.75 Å². The van der Waals surface area contributed by atoms with E-state index in [9.17, 15) is 26.4 Å². The molecular formula is C24H22ClF3N2O4S. The number of anilines is 2. The quantitative estimate of drug-likeness (QED) is 0.362. The molecule has 1 atom stereocenters. The van der Waals surface area contributed by atoms with E-state index in [1.165, 1.54) is 24.3 Å². The summed E-state index contributed by atoms with van der Waals surface area (Å²) in [5.41, 5.74) is -0.142. The Morgan fingerprint density at radius 2 is 1.69 bits per heavy atom. The van der Waals surface area contributed by atoms with Gasteiger partial charge >= 0.3 is 6.18 Å². The maximum atomic E-state index is 13.1. The van der Waals surface area contributed by atoms with Gasteiger partial charge in [-0.05, 0) is 73.5 Å². The highest BCUT2D eigenvalue weighted by Gasteiger charge is 2.33. The topological polar surface area (TPSA) is 84.5 Å². The summed E-state index contributed by atoms with van der Waals surface area (Å²) in [5, 5.41) is 2.12. The van der Waals surface area contributed by atoms with E-state index in [0.29, 0.717) is 23.9 Å². The van der Waals surface area contributed by atoms with E-state index in [0.717, 1.165) is 17.7 Å². The number of aryl methyl sites for hydroxylation is 1. The van der Waals surface area contributed by atoms with Crippen molar-refractivity contribution in [3.8, 4) is 5.75 Å². The Labute approximate surface area is 206 Å². The van der Waals surface area contributed by atoms with Gasteiger partial charge in [0.15, 0.2) is 6.10 Å². The molecule has 2 N–H and O–H groups in total. The van der Waals surface area contributed by atoms with Gasteiger partial charge in [-0.2, -0.15) is 13.2 Å². The fourth-order valence-electron chi connectivity index (χ4n) is 3.14. The minimum absolute atomic E-state index is 0.206. The first kappa shape index (κ1) is 26.4. The predicted octanol–water partition coefficient (Wildman–Crippen LogP) is 6.26. The summed E-state index contributed by atoms with van der Waals surface area (Å²) in [5.74, 6) is 0.138. The minimum Gasteiger partial charge on any atom is -0.481 e. The zero-order valence-corrected chi connectivity index (χ0v) is 20.3.